The molecule has 5 nitrogen and oxygen atoms in total. The van der Waals surface area contributed by atoms with E-state index in [0.29, 0.717) is 23.7 Å². The molecular formula is C22H19ClN4O. The largest absolute Gasteiger partial charge is 0.370 e. The molecule has 0 unspecified atom stereocenters. The first-order valence-corrected chi connectivity index (χ1v) is 9.63. The number of anilines is 2. The van der Waals surface area contributed by atoms with Gasteiger partial charge in [-0.05, 0) is 43.2 Å². The van der Waals surface area contributed by atoms with Crippen molar-refractivity contribution in [2.24, 2.45) is 5.92 Å². The molecule has 0 radical (unpaired) electrons. The van der Waals surface area contributed by atoms with Crippen LogP contribution in [0.2, 0.25) is 5.02 Å². The first kappa shape index (κ1) is 18.3. The summed E-state index contributed by atoms with van der Waals surface area (Å²) in [5.41, 5.74) is 3.01. The highest BCUT2D eigenvalue weighted by Crippen LogP contribution is 2.34. The molecule has 28 heavy (non-hydrogen) atoms. The standard InChI is InChI=1S/C22H19ClN4O/c23-17-6-7-20-19(12-17)21(16(13-24)14-25-20)27-10-8-15(9-11-27)22(28)26-18-4-2-1-3-5-18/h1-7,12,14-15H,8-11H2,(H,26,28). The quantitative estimate of drug-likeness (QED) is 0.708. The zero-order valence-electron chi connectivity index (χ0n) is 15.2. The fourth-order valence-electron chi connectivity index (χ4n) is 3.70. The van der Waals surface area contributed by atoms with Crippen LogP contribution >= 0.6 is 11.6 Å². The van der Waals surface area contributed by atoms with Gasteiger partial charge in [0.15, 0.2) is 0 Å². The number of pyridine rings is 1. The number of hydrogen-bond donors (Lipinski definition) is 1. The molecule has 3 aromatic rings. The number of piperidine rings is 1. The Labute approximate surface area is 168 Å². The average Bonchev–Trinajstić information content (AvgIpc) is 2.73. The summed E-state index contributed by atoms with van der Waals surface area (Å²) < 4.78 is 0. The first-order chi connectivity index (χ1) is 13.7. The Morgan fingerprint density at radius 1 is 1.18 bits per heavy atom. The third kappa shape index (κ3) is 3.64. The second kappa shape index (κ2) is 7.87. The molecule has 6 heteroatoms. The minimum absolute atomic E-state index is 0.0429. The number of benzene rings is 2. The van der Waals surface area contributed by atoms with Crippen LogP contribution in [0.1, 0.15) is 18.4 Å². The summed E-state index contributed by atoms with van der Waals surface area (Å²) in [5, 5.41) is 14.0. The number of carbonyl (C=O) groups is 1. The average molecular weight is 391 g/mol. The summed E-state index contributed by atoms with van der Waals surface area (Å²) in [7, 11) is 0. The van der Waals surface area contributed by atoms with Crippen molar-refractivity contribution in [3.63, 3.8) is 0 Å². The lowest BCUT2D eigenvalue weighted by atomic mass is 9.94. The number of halogens is 1. The molecule has 4 rings (SSSR count). The maximum absolute atomic E-state index is 12.6. The molecule has 1 amide bonds. The second-order valence-corrected chi connectivity index (χ2v) is 7.35. The maximum Gasteiger partial charge on any atom is 0.227 e. The van der Waals surface area contributed by atoms with Gasteiger partial charge < -0.3 is 10.2 Å². The van der Waals surface area contributed by atoms with Crippen molar-refractivity contribution in [1.82, 2.24) is 4.98 Å². The Kier molecular flexibility index (Phi) is 5.14. The lowest BCUT2D eigenvalue weighted by Gasteiger charge is -2.34. The number of para-hydroxylation sites is 1. The van der Waals surface area contributed by atoms with Crippen molar-refractivity contribution in [2.45, 2.75) is 12.8 Å². The number of amides is 1. The molecule has 0 spiro atoms. The molecule has 1 fully saturated rings. The predicted octanol–water partition coefficient (Wildman–Crippen LogP) is 4.61. The minimum atomic E-state index is -0.0429. The lowest BCUT2D eigenvalue weighted by molar-refractivity contribution is -0.120. The number of nitriles is 1. The Bertz CT molecular complexity index is 1050. The highest BCUT2D eigenvalue weighted by Gasteiger charge is 2.27. The van der Waals surface area contributed by atoms with Gasteiger partial charge in [0, 0.05) is 41.3 Å². The van der Waals surface area contributed by atoms with Gasteiger partial charge in [-0.25, -0.2) is 0 Å². The van der Waals surface area contributed by atoms with E-state index in [2.05, 4.69) is 21.3 Å². The van der Waals surface area contributed by atoms with E-state index in [4.69, 9.17) is 11.6 Å². The number of fused-ring (bicyclic) bond motifs is 1. The summed E-state index contributed by atoms with van der Waals surface area (Å²) in [4.78, 5) is 19.1. The summed E-state index contributed by atoms with van der Waals surface area (Å²) in [6.07, 6.45) is 3.07. The van der Waals surface area contributed by atoms with Gasteiger partial charge in [0.25, 0.3) is 0 Å². The van der Waals surface area contributed by atoms with Gasteiger partial charge in [-0.15, -0.1) is 0 Å². The van der Waals surface area contributed by atoms with Gasteiger partial charge >= 0.3 is 0 Å². The van der Waals surface area contributed by atoms with Crippen LogP contribution in [0.25, 0.3) is 10.9 Å². The van der Waals surface area contributed by atoms with E-state index in [1.807, 2.05) is 42.5 Å². The van der Waals surface area contributed by atoms with Crippen molar-refractivity contribution in [1.29, 1.82) is 5.26 Å². The van der Waals surface area contributed by atoms with Crippen LogP contribution in [0.4, 0.5) is 11.4 Å². The number of hydrogen-bond acceptors (Lipinski definition) is 4. The van der Waals surface area contributed by atoms with Gasteiger partial charge in [-0.3, -0.25) is 9.78 Å². The molecule has 1 saturated heterocycles. The minimum Gasteiger partial charge on any atom is -0.370 e. The SMILES string of the molecule is N#Cc1cnc2ccc(Cl)cc2c1N1CCC(C(=O)Nc2ccccc2)CC1. The molecule has 0 atom stereocenters. The van der Waals surface area contributed by atoms with Crippen LogP contribution in [0, 0.1) is 17.2 Å². The van der Waals surface area contributed by atoms with E-state index < -0.39 is 0 Å². The van der Waals surface area contributed by atoms with Crippen LogP contribution in [0.3, 0.4) is 0 Å². The third-order valence-corrected chi connectivity index (χ3v) is 5.38. The van der Waals surface area contributed by atoms with Crippen molar-refractivity contribution >= 4 is 39.8 Å². The van der Waals surface area contributed by atoms with Crippen molar-refractivity contribution in [3.05, 3.63) is 65.3 Å². The van der Waals surface area contributed by atoms with Gasteiger partial charge in [-0.1, -0.05) is 29.8 Å². The van der Waals surface area contributed by atoms with Crippen LogP contribution < -0.4 is 10.2 Å². The Hall–Kier alpha value is -3.10. The molecule has 1 aliphatic rings. The predicted molar refractivity (Wildman–Crippen MR) is 111 cm³/mol. The zero-order valence-corrected chi connectivity index (χ0v) is 16.0. The highest BCUT2D eigenvalue weighted by atomic mass is 35.5. The molecule has 140 valence electrons. The van der Waals surface area contributed by atoms with Gasteiger partial charge in [0.1, 0.15) is 6.07 Å². The summed E-state index contributed by atoms with van der Waals surface area (Å²) in [6.45, 7) is 1.40. The molecule has 0 aliphatic carbocycles. The number of nitrogens with one attached hydrogen (secondary N) is 1. The molecule has 1 N–H and O–H groups in total. The summed E-state index contributed by atoms with van der Waals surface area (Å²) >= 11 is 6.18. The maximum atomic E-state index is 12.6. The van der Waals surface area contributed by atoms with E-state index in [9.17, 15) is 10.1 Å². The van der Waals surface area contributed by atoms with Crippen molar-refractivity contribution in [2.75, 3.05) is 23.3 Å². The van der Waals surface area contributed by atoms with Gasteiger partial charge in [0.05, 0.1) is 16.8 Å². The molecule has 2 aromatic carbocycles. The van der Waals surface area contributed by atoms with Gasteiger partial charge in [-0.2, -0.15) is 5.26 Å². The number of nitrogens with zero attached hydrogens (tertiary/aromatic N) is 3. The molecular weight excluding hydrogens is 372 g/mol. The van der Waals surface area contributed by atoms with Crippen LogP contribution in [-0.2, 0) is 4.79 Å². The Morgan fingerprint density at radius 2 is 1.93 bits per heavy atom. The Morgan fingerprint density at radius 3 is 2.64 bits per heavy atom. The molecule has 0 bridgehead atoms. The van der Waals surface area contributed by atoms with E-state index >= 15 is 0 Å². The molecule has 0 saturated carbocycles. The van der Waals surface area contributed by atoms with Gasteiger partial charge in [0.2, 0.25) is 5.91 Å². The molecule has 1 aliphatic heterocycles. The Balaban J connectivity index is 1.53. The van der Waals surface area contributed by atoms with Crippen molar-refractivity contribution in [3.8, 4) is 6.07 Å². The summed E-state index contributed by atoms with van der Waals surface area (Å²) in [6, 6.07) is 17.3. The van der Waals surface area contributed by atoms with Crippen LogP contribution in [-0.4, -0.2) is 24.0 Å². The lowest BCUT2D eigenvalue weighted by Crippen LogP contribution is -2.38. The number of carbonyl (C=O) groups excluding carboxylic acids is 1. The topological polar surface area (TPSA) is 69.0 Å². The highest BCUT2D eigenvalue weighted by molar-refractivity contribution is 6.31. The van der Waals surface area contributed by atoms with Crippen LogP contribution in [0.15, 0.2) is 54.7 Å². The number of rotatable bonds is 3. The monoisotopic (exact) mass is 390 g/mol. The van der Waals surface area contributed by atoms with E-state index in [-0.39, 0.29) is 11.8 Å². The van der Waals surface area contributed by atoms with Crippen molar-refractivity contribution < 1.29 is 4.79 Å². The third-order valence-electron chi connectivity index (χ3n) is 5.15. The molecule has 2 heterocycles. The van der Waals surface area contributed by atoms with E-state index in [1.165, 1.54) is 0 Å². The first-order valence-electron chi connectivity index (χ1n) is 9.25. The van der Waals surface area contributed by atoms with E-state index in [1.54, 1.807) is 12.3 Å². The zero-order chi connectivity index (χ0) is 19.5. The fourth-order valence-corrected chi connectivity index (χ4v) is 3.88. The number of aromatic nitrogens is 1. The summed E-state index contributed by atoms with van der Waals surface area (Å²) in [5.74, 6) is 0.00710. The normalized spacial score (nSPS) is 14.6. The second-order valence-electron chi connectivity index (χ2n) is 6.91. The fraction of sp³-hybridized carbons (Fsp3) is 0.227. The van der Waals surface area contributed by atoms with Crippen LogP contribution in [0.5, 0.6) is 0 Å². The smallest absolute Gasteiger partial charge is 0.227 e. The molecule has 1 aromatic heterocycles. The van der Waals surface area contributed by atoms with E-state index in [0.717, 1.165) is 35.1 Å².